The number of anilines is 3. The van der Waals surface area contributed by atoms with Crippen LogP contribution in [0.1, 0.15) is 22.3 Å². The highest BCUT2D eigenvalue weighted by molar-refractivity contribution is 6.04. The number of benzene rings is 10. The van der Waals surface area contributed by atoms with Crippen molar-refractivity contribution >= 4 is 38.6 Å². The van der Waals surface area contributed by atoms with Crippen LogP contribution in [0.2, 0.25) is 0 Å². The summed E-state index contributed by atoms with van der Waals surface area (Å²) in [7, 11) is 0. The zero-order valence-corrected chi connectivity index (χ0v) is 31.8. The third kappa shape index (κ3) is 4.71. The minimum Gasteiger partial charge on any atom is -0.310 e. The Morgan fingerprint density at radius 3 is 1.59 bits per heavy atom. The number of fused-ring (bicyclic) bond motifs is 12. The molecule has 0 saturated heterocycles. The Bertz CT molecular complexity index is 3180. The molecule has 2 aliphatic carbocycles. The normalized spacial score (nSPS) is 13.0. The Morgan fingerprint density at radius 1 is 0.293 bits per heavy atom. The van der Waals surface area contributed by atoms with Gasteiger partial charge in [-0.05, 0) is 119 Å². The molecule has 0 N–H and O–H groups in total. The van der Waals surface area contributed by atoms with Gasteiger partial charge in [-0.3, -0.25) is 0 Å². The standard InChI is InChI=1S/C57H37N/c1-2-14-38(15-3-1)40-30-32-44(33-31-40)58(45-34-35-47-42(37-45)18-12-22-46(47)43-29-28-39-16-4-5-17-41(39)36-43)55-27-13-26-54-56(55)50-21-8-11-25-53(50)57(54)51-23-9-6-19-48(51)49-20-7-10-24-52(49)57/h1-37H. The second kappa shape index (κ2) is 12.8. The molecule has 0 bridgehead atoms. The van der Waals surface area contributed by atoms with Gasteiger partial charge < -0.3 is 4.90 Å². The van der Waals surface area contributed by atoms with Gasteiger partial charge in [-0.1, -0.05) is 188 Å². The number of rotatable bonds is 5. The monoisotopic (exact) mass is 735 g/mol. The lowest BCUT2D eigenvalue weighted by molar-refractivity contribution is 0.794. The molecule has 0 aromatic heterocycles. The Labute approximate surface area is 338 Å². The molecule has 12 rings (SSSR count). The van der Waals surface area contributed by atoms with Gasteiger partial charge in [0.2, 0.25) is 0 Å². The lowest BCUT2D eigenvalue weighted by atomic mass is 9.70. The zero-order valence-electron chi connectivity index (χ0n) is 31.8. The first-order valence-electron chi connectivity index (χ1n) is 20.2. The van der Waals surface area contributed by atoms with Crippen molar-refractivity contribution in [3.05, 3.63) is 247 Å². The molecule has 10 aromatic carbocycles. The van der Waals surface area contributed by atoms with E-state index in [-0.39, 0.29) is 0 Å². The molecule has 0 atom stereocenters. The minimum absolute atomic E-state index is 0.421. The number of hydrogen-bond acceptors (Lipinski definition) is 1. The predicted octanol–water partition coefficient (Wildman–Crippen LogP) is 15.1. The van der Waals surface area contributed by atoms with E-state index in [0.717, 1.165) is 11.4 Å². The van der Waals surface area contributed by atoms with Crippen molar-refractivity contribution in [3.63, 3.8) is 0 Å². The summed E-state index contributed by atoms with van der Waals surface area (Å²) in [6.07, 6.45) is 0. The summed E-state index contributed by atoms with van der Waals surface area (Å²) in [4.78, 5) is 2.48. The first kappa shape index (κ1) is 32.7. The van der Waals surface area contributed by atoms with E-state index in [0.29, 0.717) is 0 Å². The van der Waals surface area contributed by atoms with Gasteiger partial charge in [0, 0.05) is 16.9 Å². The topological polar surface area (TPSA) is 3.24 Å². The molecule has 270 valence electrons. The molecular formula is C57H37N. The molecule has 0 fully saturated rings. The highest BCUT2D eigenvalue weighted by atomic mass is 15.1. The second-order valence-corrected chi connectivity index (χ2v) is 15.6. The first-order valence-corrected chi connectivity index (χ1v) is 20.2. The van der Waals surface area contributed by atoms with Gasteiger partial charge in [0.1, 0.15) is 0 Å². The maximum Gasteiger partial charge on any atom is 0.0726 e. The van der Waals surface area contributed by atoms with E-state index in [1.807, 2.05) is 0 Å². The average molecular weight is 736 g/mol. The fourth-order valence-corrected chi connectivity index (χ4v) is 10.2. The van der Waals surface area contributed by atoms with Crippen LogP contribution in [0.3, 0.4) is 0 Å². The third-order valence-corrected chi connectivity index (χ3v) is 12.7. The van der Waals surface area contributed by atoms with Crippen molar-refractivity contribution in [1.82, 2.24) is 0 Å². The largest absolute Gasteiger partial charge is 0.310 e. The quantitative estimate of drug-likeness (QED) is 0.170. The maximum absolute atomic E-state index is 2.48. The van der Waals surface area contributed by atoms with Crippen LogP contribution in [0.25, 0.3) is 66.1 Å². The minimum atomic E-state index is -0.421. The Morgan fingerprint density at radius 2 is 0.828 bits per heavy atom. The van der Waals surface area contributed by atoms with E-state index in [1.165, 1.54) is 94.0 Å². The Balaban J connectivity index is 1.09. The second-order valence-electron chi connectivity index (χ2n) is 15.6. The molecule has 0 saturated carbocycles. The summed E-state index contributed by atoms with van der Waals surface area (Å²) in [5.74, 6) is 0. The van der Waals surface area contributed by atoms with Crippen LogP contribution >= 0.6 is 0 Å². The van der Waals surface area contributed by atoms with Crippen molar-refractivity contribution < 1.29 is 0 Å². The summed E-state index contributed by atoms with van der Waals surface area (Å²) in [6.45, 7) is 0. The van der Waals surface area contributed by atoms with Gasteiger partial charge >= 0.3 is 0 Å². The van der Waals surface area contributed by atoms with E-state index in [4.69, 9.17) is 0 Å². The van der Waals surface area contributed by atoms with Gasteiger partial charge in [0.25, 0.3) is 0 Å². The molecule has 1 spiro atoms. The lowest BCUT2D eigenvalue weighted by Crippen LogP contribution is -2.26. The SMILES string of the molecule is c1ccc(-c2ccc(N(c3ccc4c(-c5ccc6ccccc6c5)cccc4c3)c3cccc4c3-c3ccccc3C43c4ccccc4-c4ccccc43)cc2)cc1. The van der Waals surface area contributed by atoms with Crippen molar-refractivity contribution in [3.8, 4) is 44.5 Å². The smallest absolute Gasteiger partial charge is 0.0726 e. The molecule has 1 nitrogen and oxygen atoms in total. The highest BCUT2D eigenvalue weighted by Crippen LogP contribution is 2.64. The summed E-state index contributed by atoms with van der Waals surface area (Å²) in [5, 5.41) is 4.95. The van der Waals surface area contributed by atoms with E-state index in [1.54, 1.807) is 0 Å². The van der Waals surface area contributed by atoms with Crippen molar-refractivity contribution in [1.29, 1.82) is 0 Å². The van der Waals surface area contributed by atoms with Crippen LogP contribution in [-0.4, -0.2) is 0 Å². The molecule has 10 aromatic rings. The molecule has 0 amide bonds. The molecule has 58 heavy (non-hydrogen) atoms. The average Bonchev–Trinajstić information content (AvgIpc) is 3.77. The summed E-state index contributed by atoms with van der Waals surface area (Å²) < 4.78 is 0. The van der Waals surface area contributed by atoms with Gasteiger partial charge in [0.15, 0.2) is 0 Å². The molecule has 0 aliphatic heterocycles. The summed E-state index contributed by atoms with van der Waals surface area (Å²) in [6, 6.07) is 83.1. The third-order valence-electron chi connectivity index (χ3n) is 12.7. The van der Waals surface area contributed by atoms with Gasteiger partial charge in [-0.15, -0.1) is 0 Å². The van der Waals surface area contributed by atoms with Crippen LogP contribution < -0.4 is 4.90 Å². The fourth-order valence-electron chi connectivity index (χ4n) is 10.2. The van der Waals surface area contributed by atoms with E-state index < -0.39 is 5.41 Å². The van der Waals surface area contributed by atoms with Crippen molar-refractivity contribution in [2.24, 2.45) is 0 Å². The predicted molar refractivity (Wildman–Crippen MR) is 243 cm³/mol. The van der Waals surface area contributed by atoms with Crippen LogP contribution in [0.5, 0.6) is 0 Å². The van der Waals surface area contributed by atoms with E-state index >= 15 is 0 Å². The molecule has 0 radical (unpaired) electrons. The lowest BCUT2D eigenvalue weighted by Gasteiger charge is -2.32. The van der Waals surface area contributed by atoms with E-state index in [2.05, 4.69) is 229 Å². The first-order chi connectivity index (χ1) is 28.8. The van der Waals surface area contributed by atoms with E-state index in [9.17, 15) is 0 Å². The summed E-state index contributed by atoms with van der Waals surface area (Å²) >= 11 is 0. The fraction of sp³-hybridized carbons (Fsp3) is 0.0175. The number of nitrogens with zero attached hydrogens (tertiary/aromatic N) is 1. The Hall–Kier alpha value is -7.48. The van der Waals surface area contributed by atoms with Crippen molar-refractivity contribution in [2.45, 2.75) is 5.41 Å². The summed E-state index contributed by atoms with van der Waals surface area (Å²) in [5.41, 5.74) is 18.4. The Kier molecular flexibility index (Phi) is 7.21. The molecule has 2 aliphatic rings. The highest BCUT2D eigenvalue weighted by Gasteiger charge is 2.52. The zero-order chi connectivity index (χ0) is 38.2. The van der Waals surface area contributed by atoms with Crippen molar-refractivity contribution in [2.75, 3.05) is 4.90 Å². The van der Waals surface area contributed by atoms with Crippen LogP contribution in [0.15, 0.2) is 224 Å². The van der Waals surface area contributed by atoms with Crippen LogP contribution in [-0.2, 0) is 5.41 Å². The van der Waals surface area contributed by atoms with Gasteiger partial charge in [-0.25, -0.2) is 0 Å². The van der Waals surface area contributed by atoms with Gasteiger partial charge in [0.05, 0.1) is 11.1 Å². The van der Waals surface area contributed by atoms with Crippen LogP contribution in [0, 0.1) is 0 Å². The number of hydrogen-bond donors (Lipinski definition) is 0. The molecule has 0 heterocycles. The van der Waals surface area contributed by atoms with Gasteiger partial charge in [-0.2, -0.15) is 0 Å². The molecule has 1 heteroatoms. The molecule has 0 unspecified atom stereocenters. The van der Waals surface area contributed by atoms with Crippen LogP contribution in [0.4, 0.5) is 17.1 Å². The molecular weight excluding hydrogens is 699 g/mol. The maximum atomic E-state index is 2.48.